The molecule has 0 aliphatic rings. The zero-order chi connectivity index (χ0) is 14.1. The van der Waals surface area contributed by atoms with E-state index in [0.717, 1.165) is 27.6 Å². The minimum atomic E-state index is 0.670. The standard InChI is InChI=1S/C16H13ClN2O/c1-10-4-2-3-5-12(10)15-13-8-11(17)6-7-14(13)19-16(15)18-9-20/h2-9,19H,1H3,(H,18,20). The van der Waals surface area contributed by atoms with Crippen molar-refractivity contribution in [1.29, 1.82) is 0 Å². The van der Waals surface area contributed by atoms with Crippen LogP contribution >= 0.6 is 11.6 Å². The molecule has 100 valence electrons. The fourth-order valence-electron chi connectivity index (χ4n) is 2.46. The number of carbonyl (C=O) groups excluding carboxylic acids is 1. The van der Waals surface area contributed by atoms with E-state index in [1.807, 2.05) is 49.4 Å². The Bertz CT molecular complexity index is 792. The molecule has 3 nitrogen and oxygen atoms in total. The normalized spacial score (nSPS) is 10.7. The number of hydrogen-bond donors (Lipinski definition) is 2. The van der Waals surface area contributed by atoms with Crippen molar-refractivity contribution in [3.8, 4) is 11.1 Å². The zero-order valence-electron chi connectivity index (χ0n) is 10.9. The van der Waals surface area contributed by atoms with Gasteiger partial charge < -0.3 is 10.3 Å². The number of hydrogen-bond acceptors (Lipinski definition) is 1. The lowest BCUT2D eigenvalue weighted by Gasteiger charge is -2.07. The van der Waals surface area contributed by atoms with Gasteiger partial charge in [0.1, 0.15) is 5.82 Å². The summed E-state index contributed by atoms with van der Waals surface area (Å²) in [6.45, 7) is 2.05. The summed E-state index contributed by atoms with van der Waals surface area (Å²) in [7, 11) is 0. The molecule has 1 aromatic heterocycles. The van der Waals surface area contributed by atoms with Crippen molar-refractivity contribution in [3.05, 3.63) is 53.1 Å². The number of aromatic amines is 1. The highest BCUT2D eigenvalue weighted by molar-refractivity contribution is 6.31. The molecule has 0 atom stereocenters. The van der Waals surface area contributed by atoms with Crippen LogP contribution in [0, 0.1) is 6.92 Å². The van der Waals surface area contributed by atoms with Crippen molar-refractivity contribution in [2.24, 2.45) is 0 Å². The third kappa shape index (κ3) is 2.06. The lowest BCUT2D eigenvalue weighted by molar-refractivity contribution is -0.105. The number of rotatable bonds is 3. The van der Waals surface area contributed by atoms with Gasteiger partial charge in [0.25, 0.3) is 0 Å². The summed E-state index contributed by atoms with van der Waals surface area (Å²) in [6, 6.07) is 13.7. The summed E-state index contributed by atoms with van der Waals surface area (Å²) in [6.07, 6.45) is 0.675. The highest BCUT2D eigenvalue weighted by atomic mass is 35.5. The van der Waals surface area contributed by atoms with E-state index in [-0.39, 0.29) is 0 Å². The average Bonchev–Trinajstić information content (AvgIpc) is 2.77. The minimum Gasteiger partial charge on any atom is -0.341 e. The van der Waals surface area contributed by atoms with Gasteiger partial charge in [-0.3, -0.25) is 4.79 Å². The molecule has 0 radical (unpaired) electrons. The second-order valence-electron chi connectivity index (χ2n) is 4.64. The summed E-state index contributed by atoms with van der Waals surface area (Å²) < 4.78 is 0. The molecule has 4 heteroatoms. The van der Waals surface area contributed by atoms with Gasteiger partial charge in [0.15, 0.2) is 0 Å². The van der Waals surface area contributed by atoms with Gasteiger partial charge in [-0.15, -0.1) is 0 Å². The second kappa shape index (κ2) is 5.02. The molecule has 0 fully saturated rings. The van der Waals surface area contributed by atoms with Crippen LogP contribution < -0.4 is 5.32 Å². The minimum absolute atomic E-state index is 0.670. The fourth-order valence-corrected chi connectivity index (χ4v) is 2.64. The van der Waals surface area contributed by atoms with E-state index in [4.69, 9.17) is 11.6 Å². The van der Waals surface area contributed by atoms with Gasteiger partial charge in [0, 0.05) is 21.5 Å². The molecular weight excluding hydrogens is 272 g/mol. The Morgan fingerprint density at radius 1 is 1.20 bits per heavy atom. The Kier molecular flexibility index (Phi) is 3.20. The number of halogens is 1. The topological polar surface area (TPSA) is 44.9 Å². The predicted octanol–water partition coefficient (Wildman–Crippen LogP) is 4.37. The second-order valence-corrected chi connectivity index (χ2v) is 5.08. The first kappa shape index (κ1) is 12.8. The molecule has 0 saturated carbocycles. The van der Waals surface area contributed by atoms with Crippen molar-refractivity contribution in [2.45, 2.75) is 6.92 Å². The van der Waals surface area contributed by atoms with E-state index in [0.29, 0.717) is 17.3 Å². The van der Waals surface area contributed by atoms with E-state index in [1.165, 1.54) is 0 Å². The highest BCUT2D eigenvalue weighted by Crippen LogP contribution is 2.38. The molecule has 2 N–H and O–H groups in total. The molecule has 0 aliphatic heterocycles. The molecule has 0 unspecified atom stereocenters. The molecule has 3 aromatic rings. The smallest absolute Gasteiger partial charge is 0.212 e. The van der Waals surface area contributed by atoms with Crippen LogP contribution in [0.3, 0.4) is 0 Å². The van der Waals surface area contributed by atoms with Gasteiger partial charge in [-0.25, -0.2) is 0 Å². The van der Waals surface area contributed by atoms with Gasteiger partial charge in [-0.2, -0.15) is 0 Å². The molecular formula is C16H13ClN2O. The monoisotopic (exact) mass is 284 g/mol. The number of aromatic nitrogens is 1. The highest BCUT2D eigenvalue weighted by Gasteiger charge is 2.15. The molecule has 20 heavy (non-hydrogen) atoms. The third-order valence-corrected chi connectivity index (χ3v) is 3.61. The van der Waals surface area contributed by atoms with E-state index in [2.05, 4.69) is 10.3 Å². The summed E-state index contributed by atoms with van der Waals surface area (Å²) >= 11 is 6.10. The maximum atomic E-state index is 10.8. The number of amides is 1. The van der Waals surface area contributed by atoms with Crippen molar-refractivity contribution < 1.29 is 4.79 Å². The number of anilines is 1. The molecule has 1 heterocycles. The Hall–Kier alpha value is -2.26. The van der Waals surface area contributed by atoms with Gasteiger partial charge in [-0.1, -0.05) is 35.9 Å². The number of nitrogens with one attached hydrogen (secondary N) is 2. The van der Waals surface area contributed by atoms with Crippen molar-refractivity contribution in [2.75, 3.05) is 5.32 Å². The number of carbonyl (C=O) groups is 1. The number of benzene rings is 2. The molecule has 0 saturated heterocycles. The maximum Gasteiger partial charge on any atom is 0.212 e. The van der Waals surface area contributed by atoms with Crippen LogP contribution in [0.25, 0.3) is 22.0 Å². The van der Waals surface area contributed by atoms with Crippen LogP contribution in [0.4, 0.5) is 5.82 Å². The van der Waals surface area contributed by atoms with Crippen molar-refractivity contribution >= 4 is 34.7 Å². The lowest BCUT2D eigenvalue weighted by atomic mass is 9.99. The van der Waals surface area contributed by atoms with Crippen molar-refractivity contribution in [3.63, 3.8) is 0 Å². The largest absolute Gasteiger partial charge is 0.341 e. The van der Waals surface area contributed by atoms with E-state index in [1.54, 1.807) is 0 Å². The first-order valence-corrected chi connectivity index (χ1v) is 6.66. The molecule has 1 amide bonds. The lowest BCUT2D eigenvalue weighted by Crippen LogP contribution is -1.96. The van der Waals surface area contributed by atoms with E-state index < -0.39 is 0 Å². The van der Waals surface area contributed by atoms with Crippen LogP contribution in [0.15, 0.2) is 42.5 Å². The molecule has 0 aliphatic carbocycles. The number of aryl methyl sites for hydroxylation is 1. The Morgan fingerprint density at radius 2 is 2.00 bits per heavy atom. The third-order valence-electron chi connectivity index (χ3n) is 3.38. The molecule has 0 spiro atoms. The first-order valence-electron chi connectivity index (χ1n) is 6.28. The molecule has 2 aromatic carbocycles. The average molecular weight is 285 g/mol. The summed E-state index contributed by atoms with van der Waals surface area (Å²) in [5.41, 5.74) is 4.12. The SMILES string of the molecule is Cc1ccccc1-c1c(NC=O)[nH]c2ccc(Cl)cc12. The molecule has 0 bridgehead atoms. The van der Waals surface area contributed by atoms with Crippen LogP contribution in [0.5, 0.6) is 0 Å². The van der Waals surface area contributed by atoms with Crippen LogP contribution in [0.1, 0.15) is 5.56 Å². The van der Waals surface area contributed by atoms with Crippen molar-refractivity contribution in [1.82, 2.24) is 4.98 Å². The van der Waals surface area contributed by atoms with Gasteiger partial charge >= 0.3 is 0 Å². The fraction of sp³-hybridized carbons (Fsp3) is 0.0625. The van der Waals surface area contributed by atoms with Crippen LogP contribution in [0.2, 0.25) is 5.02 Å². The Morgan fingerprint density at radius 3 is 2.75 bits per heavy atom. The summed E-state index contributed by atoms with van der Waals surface area (Å²) in [5, 5.41) is 4.40. The zero-order valence-corrected chi connectivity index (χ0v) is 11.7. The van der Waals surface area contributed by atoms with Gasteiger partial charge in [0.2, 0.25) is 6.41 Å². The number of fused-ring (bicyclic) bond motifs is 1. The maximum absolute atomic E-state index is 10.8. The van der Waals surface area contributed by atoms with Gasteiger partial charge in [-0.05, 0) is 36.2 Å². The van der Waals surface area contributed by atoms with E-state index in [9.17, 15) is 4.79 Å². The summed E-state index contributed by atoms with van der Waals surface area (Å²) in [5.74, 6) is 0.687. The van der Waals surface area contributed by atoms with Crippen LogP contribution in [-0.2, 0) is 4.79 Å². The molecule has 3 rings (SSSR count). The Labute approximate surface area is 121 Å². The van der Waals surface area contributed by atoms with Gasteiger partial charge in [0.05, 0.1) is 0 Å². The summed E-state index contributed by atoms with van der Waals surface area (Å²) in [4.78, 5) is 14.0. The quantitative estimate of drug-likeness (QED) is 0.689. The predicted molar refractivity (Wildman–Crippen MR) is 83.2 cm³/mol. The van der Waals surface area contributed by atoms with E-state index >= 15 is 0 Å². The number of H-pyrrole nitrogens is 1. The Balaban J connectivity index is 2.36. The van der Waals surface area contributed by atoms with Crippen LogP contribution in [-0.4, -0.2) is 11.4 Å². The first-order chi connectivity index (χ1) is 9.70.